The molecule has 1 aliphatic carbocycles. The van der Waals surface area contributed by atoms with Crippen LogP contribution in [0.15, 0.2) is 30.3 Å². The molecule has 0 bridgehead atoms. The first-order valence-electron chi connectivity index (χ1n) is 10.1. The SMILES string of the molecule is Cc1[nH]nc2cc(F)c(-c3cccc4c3C(=O)N([C@H](C3CC3)C(C)(C)O)C4)cc12. The van der Waals surface area contributed by atoms with E-state index in [1.807, 2.05) is 19.1 Å². The predicted octanol–water partition coefficient (Wildman–Crippen LogP) is 4.18. The van der Waals surface area contributed by atoms with Crippen molar-refractivity contribution in [3.8, 4) is 11.1 Å². The molecule has 0 unspecified atom stereocenters. The highest BCUT2D eigenvalue weighted by Gasteiger charge is 2.48. The monoisotopic (exact) mass is 393 g/mol. The summed E-state index contributed by atoms with van der Waals surface area (Å²) in [5.74, 6) is -0.207. The summed E-state index contributed by atoms with van der Waals surface area (Å²) >= 11 is 0. The Bertz CT molecular complexity index is 1140. The molecule has 150 valence electrons. The van der Waals surface area contributed by atoms with Gasteiger partial charge in [-0.15, -0.1) is 0 Å². The first kappa shape index (κ1) is 18.3. The molecule has 2 N–H and O–H groups in total. The molecule has 5 rings (SSSR count). The first-order chi connectivity index (χ1) is 13.8. The molecule has 0 saturated heterocycles. The summed E-state index contributed by atoms with van der Waals surface area (Å²) in [4.78, 5) is 15.3. The molecule has 3 aromatic rings. The minimum absolute atomic E-state index is 0.127. The molecule has 2 heterocycles. The molecule has 0 radical (unpaired) electrons. The highest BCUT2D eigenvalue weighted by molar-refractivity contribution is 6.05. The van der Waals surface area contributed by atoms with Gasteiger partial charge in [0.15, 0.2) is 0 Å². The summed E-state index contributed by atoms with van der Waals surface area (Å²) in [6.07, 6.45) is 2.04. The number of benzene rings is 2. The van der Waals surface area contributed by atoms with Gasteiger partial charge in [0.05, 0.1) is 22.7 Å². The molecule has 2 aromatic carbocycles. The summed E-state index contributed by atoms with van der Waals surface area (Å²) in [6.45, 7) is 5.87. The number of halogens is 1. The number of amides is 1. The summed E-state index contributed by atoms with van der Waals surface area (Å²) in [5, 5.41) is 18.6. The van der Waals surface area contributed by atoms with E-state index in [-0.39, 0.29) is 11.9 Å². The normalized spacial score (nSPS) is 17.8. The summed E-state index contributed by atoms with van der Waals surface area (Å²) < 4.78 is 15.0. The van der Waals surface area contributed by atoms with Crippen LogP contribution in [-0.2, 0) is 6.54 Å². The van der Waals surface area contributed by atoms with Crippen LogP contribution in [0.4, 0.5) is 4.39 Å². The van der Waals surface area contributed by atoms with Gasteiger partial charge in [0, 0.05) is 29.3 Å². The second kappa shape index (κ2) is 6.13. The van der Waals surface area contributed by atoms with Crippen LogP contribution in [0.5, 0.6) is 0 Å². The van der Waals surface area contributed by atoms with E-state index < -0.39 is 11.4 Å². The van der Waals surface area contributed by atoms with E-state index in [9.17, 15) is 14.3 Å². The van der Waals surface area contributed by atoms with Gasteiger partial charge < -0.3 is 10.0 Å². The Morgan fingerprint density at radius 2 is 2.03 bits per heavy atom. The maximum absolute atomic E-state index is 15.0. The van der Waals surface area contributed by atoms with E-state index >= 15 is 0 Å². The third kappa shape index (κ3) is 2.85. The molecule has 1 atom stereocenters. The van der Waals surface area contributed by atoms with Crippen molar-refractivity contribution < 1.29 is 14.3 Å². The Hall–Kier alpha value is -2.73. The Balaban J connectivity index is 1.63. The number of carbonyl (C=O) groups excluding carboxylic acids is 1. The number of rotatable bonds is 4. The second-order valence-electron chi connectivity index (χ2n) is 8.91. The smallest absolute Gasteiger partial charge is 0.255 e. The number of carbonyl (C=O) groups is 1. The molecule has 6 heteroatoms. The number of aryl methyl sites for hydroxylation is 1. The van der Waals surface area contributed by atoms with E-state index in [0.717, 1.165) is 29.5 Å². The number of aromatic nitrogens is 2. The fourth-order valence-corrected chi connectivity index (χ4v) is 4.82. The van der Waals surface area contributed by atoms with Gasteiger partial charge in [0.25, 0.3) is 5.91 Å². The number of nitrogens with one attached hydrogen (secondary N) is 1. The Labute approximate surface area is 168 Å². The zero-order valence-electron chi connectivity index (χ0n) is 16.8. The standard InChI is InChI=1S/C23H24FN3O2/c1-12-16-9-17(18(24)10-19(16)26-25-12)15-6-4-5-14-11-27(22(28)20(14)15)21(13-7-8-13)23(2,3)29/h4-6,9-10,13,21,29H,7-8,11H2,1-3H3,(H,25,26)/t21-/m1/s1. The lowest BCUT2D eigenvalue weighted by Gasteiger charge is -2.37. The third-order valence-corrected chi connectivity index (χ3v) is 6.22. The van der Waals surface area contributed by atoms with Crippen molar-refractivity contribution in [3.63, 3.8) is 0 Å². The first-order valence-corrected chi connectivity index (χ1v) is 10.1. The van der Waals surface area contributed by atoms with Gasteiger partial charge in [-0.2, -0.15) is 5.10 Å². The van der Waals surface area contributed by atoms with Crippen molar-refractivity contribution >= 4 is 16.8 Å². The maximum atomic E-state index is 15.0. The van der Waals surface area contributed by atoms with Crippen LogP contribution < -0.4 is 0 Å². The van der Waals surface area contributed by atoms with E-state index in [0.29, 0.717) is 34.7 Å². The van der Waals surface area contributed by atoms with E-state index in [2.05, 4.69) is 10.2 Å². The number of aliphatic hydroxyl groups is 1. The maximum Gasteiger partial charge on any atom is 0.255 e. The number of hydrogen-bond acceptors (Lipinski definition) is 3. The summed E-state index contributed by atoms with van der Waals surface area (Å²) in [5.41, 5.74) is 2.86. The van der Waals surface area contributed by atoms with Crippen molar-refractivity contribution in [2.75, 3.05) is 0 Å². The van der Waals surface area contributed by atoms with Crippen molar-refractivity contribution in [2.24, 2.45) is 5.92 Å². The lowest BCUT2D eigenvalue weighted by Crippen LogP contribution is -2.51. The van der Waals surface area contributed by atoms with Crippen molar-refractivity contribution in [2.45, 2.75) is 51.8 Å². The predicted molar refractivity (Wildman–Crippen MR) is 109 cm³/mol. The van der Waals surface area contributed by atoms with Gasteiger partial charge in [0.2, 0.25) is 0 Å². The molecular weight excluding hydrogens is 369 g/mol. The molecular formula is C23H24FN3O2. The van der Waals surface area contributed by atoms with E-state index in [1.165, 1.54) is 6.07 Å². The van der Waals surface area contributed by atoms with E-state index in [1.54, 1.807) is 30.9 Å². The summed E-state index contributed by atoms with van der Waals surface area (Å²) in [7, 11) is 0. The van der Waals surface area contributed by atoms with Gasteiger partial charge in [-0.25, -0.2) is 4.39 Å². The Morgan fingerprint density at radius 3 is 2.72 bits per heavy atom. The minimum Gasteiger partial charge on any atom is -0.388 e. The number of fused-ring (bicyclic) bond motifs is 2. The number of hydrogen-bond donors (Lipinski definition) is 2. The lowest BCUT2D eigenvalue weighted by molar-refractivity contribution is -0.0224. The van der Waals surface area contributed by atoms with Crippen molar-refractivity contribution in [1.82, 2.24) is 15.1 Å². The fourth-order valence-electron chi connectivity index (χ4n) is 4.82. The van der Waals surface area contributed by atoms with Crippen LogP contribution in [0.25, 0.3) is 22.0 Å². The number of aromatic amines is 1. The Morgan fingerprint density at radius 1 is 1.28 bits per heavy atom. The van der Waals surface area contributed by atoms with Crippen LogP contribution in [0.2, 0.25) is 0 Å². The van der Waals surface area contributed by atoms with Crippen LogP contribution >= 0.6 is 0 Å². The van der Waals surface area contributed by atoms with Crippen LogP contribution in [0.1, 0.15) is 48.3 Å². The van der Waals surface area contributed by atoms with Gasteiger partial charge in [-0.3, -0.25) is 9.89 Å². The summed E-state index contributed by atoms with van der Waals surface area (Å²) in [6, 6.07) is 8.53. The van der Waals surface area contributed by atoms with E-state index in [4.69, 9.17) is 0 Å². The Kier molecular flexibility index (Phi) is 3.87. The highest BCUT2D eigenvalue weighted by atomic mass is 19.1. The highest BCUT2D eigenvalue weighted by Crippen LogP contribution is 2.44. The molecule has 1 aromatic heterocycles. The molecule has 1 amide bonds. The molecule has 5 nitrogen and oxygen atoms in total. The fraction of sp³-hybridized carbons (Fsp3) is 0.391. The van der Waals surface area contributed by atoms with Crippen molar-refractivity contribution in [3.05, 3.63) is 53.0 Å². The quantitative estimate of drug-likeness (QED) is 0.699. The molecule has 29 heavy (non-hydrogen) atoms. The average Bonchev–Trinajstić information content (AvgIpc) is 3.34. The second-order valence-corrected chi connectivity index (χ2v) is 8.91. The van der Waals surface area contributed by atoms with Crippen molar-refractivity contribution in [1.29, 1.82) is 0 Å². The van der Waals surface area contributed by atoms with Crippen LogP contribution in [0.3, 0.4) is 0 Å². The largest absolute Gasteiger partial charge is 0.388 e. The topological polar surface area (TPSA) is 69.2 Å². The number of H-pyrrole nitrogens is 1. The lowest BCUT2D eigenvalue weighted by atomic mass is 9.92. The van der Waals surface area contributed by atoms with Crippen LogP contribution in [0, 0.1) is 18.7 Å². The van der Waals surface area contributed by atoms with Gasteiger partial charge in [0.1, 0.15) is 5.82 Å². The molecule has 1 saturated carbocycles. The van der Waals surface area contributed by atoms with Crippen LogP contribution in [-0.4, -0.2) is 37.8 Å². The average molecular weight is 393 g/mol. The van der Waals surface area contributed by atoms with Gasteiger partial charge in [-0.05, 0) is 56.7 Å². The zero-order valence-corrected chi connectivity index (χ0v) is 16.8. The van der Waals surface area contributed by atoms with Gasteiger partial charge >= 0.3 is 0 Å². The minimum atomic E-state index is -0.989. The molecule has 1 fully saturated rings. The molecule has 1 aliphatic heterocycles. The molecule has 0 spiro atoms. The zero-order chi connectivity index (χ0) is 20.5. The van der Waals surface area contributed by atoms with Gasteiger partial charge in [-0.1, -0.05) is 18.2 Å². The number of nitrogens with zero attached hydrogens (tertiary/aromatic N) is 2. The molecule has 2 aliphatic rings. The third-order valence-electron chi connectivity index (χ3n) is 6.22.